The number of halogens is 1. The van der Waals surface area contributed by atoms with Gasteiger partial charge in [-0.25, -0.2) is 4.79 Å². The molecule has 0 unspecified atom stereocenters. The molecule has 2 aromatic rings. The molecule has 0 bridgehead atoms. The van der Waals surface area contributed by atoms with Gasteiger partial charge in [-0.3, -0.25) is 0 Å². The van der Waals surface area contributed by atoms with E-state index in [9.17, 15) is 4.79 Å². The van der Waals surface area contributed by atoms with Crippen LogP contribution in [0.4, 0.5) is 4.79 Å². The monoisotopic (exact) mass is 373 g/mol. The third kappa shape index (κ3) is 5.13. The van der Waals surface area contributed by atoms with E-state index in [0.717, 1.165) is 5.56 Å². The second-order valence-electron chi connectivity index (χ2n) is 5.06. The topological polar surface area (TPSA) is 92.9 Å². The molecule has 0 aliphatic carbocycles. The first-order chi connectivity index (χ1) is 12.5. The maximum atomic E-state index is 11.1. The Bertz CT molecular complexity index is 862. The molecule has 7 nitrogen and oxygen atoms in total. The first-order valence-electron chi connectivity index (χ1n) is 7.50. The first-order valence-corrected chi connectivity index (χ1v) is 7.88. The highest BCUT2D eigenvalue weighted by molar-refractivity contribution is 6.32. The molecule has 0 atom stereocenters. The third-order valence-corrected chi connectivity index (χ3v) is 3.65. The molecule has 0 saturated heterocycles. The lowest BCUT2D eigenvalue weighted by molar-refractivity contribution is 0.118. The molecular weight excluding hydrogens is 358 g/mol. The van der Waals surface area contributed by atoms with Crippen LogP contribution in [0.25, 0.3) is 0 Å². The van der Waals surface area contributed by atoms with Crippen molar-refractivity contribution in [2.75, 3.05) is 7.11 Å². The highest BCUT2D eigenvalue weighted by atomic mass is 35.5. The van der Waals surface area contributed by atoms with Gasteiger partial charge in [0.25, 0.3) is 0 Å². The van der Waals surface area contributed by atoms with E-state index in [-0.39, 0.29) is 12.4 Å². The molecule has 0 fully saturated rings. The molecule has 0 aliphatic rings. The molecule has 134 valence electrons. The average molecular weight is 374 g/mol. The minimum Gasteiger partial charge on any atom is -0.451 e. The predicted molar refractivity (Wildman–Crippen MR) is 95.8 cm³/mol. The Morgan fingerprint density at radius 2 is 2.08 bits per heavy atom. The lowest BCUT2D eigenvalue weighted by Crippen LogP contribution is -2.26. The predicted octanol–water partition coefficient (Wildman–Crippen LogP) is 3.80. The van der Waals surface area contributed by atoms with Crippen LogP contribution in [0.1, 0.15) is 23.6 Å². The van der Waals surface area contributed by atoms with Crippen molar-refractivity contribution in [3.05, 3.63) is 64.2 Å². The van der Waals surface area contributed by atoms with E-state index in [1.165, 1.54) is 7.11 Å². The van der Waals surface area contributed by atoms with Gasteiger partial charge in [-0.1, -0.05) is 41.0 Å². The number of hydrogen-bond acceptors (Lipinski definition) is 6. The van der Waals surface area contributed by atoms with Crippen molar-refractivity contribution in [1.82, 2.24) is 5.48 Å². The number of rotatable bonds is 6. The van der Waals surface area contributed by atoms with Gasteiger partial charge in [0.05, 0.1) is 29.5 Å². The van der Waals surface area contributed by atoms with E-state index in [0.29, 0.717) is 21.9 Å². The molecule has 0 heterocycles. The number of amides is 1. The quantitative estimate of drug-likeness (QED) is 0.614. The lowest BCUT2D eigenvalue weighted by Gasteiger charge is -2.09. The minimum absolute atomic E-state index is 0.169. The van der Waals surface area contributed by atoms with Gasteiger partial charge in [-0.15, -0.1) is 0 Å². The summed E-state index contributed by atoms with van der Waals surface area (Å²) in [6, 6.07) is 14.2. The Labute approximate surface area is 155 Å². The zero-order valence-corrected chi connectivity index (χ0v) is 14.9. The number of methoxy groups -OCH3 is 1. The largest absolute Gasteiger partial charge is 0.451 e. The van der Waals surface area contributed by atoms with Gasteiger partial charge < -0.3 is 14.4 Å². The molecular formula is C18H16ClN3O4. The standard InChI is InChI=1S/C18H16ClN3O4/c1-12(21-25-11-15-6-4-3-5-14(15)10-20)13-7-8-16(19)17(9-13)26-22-18(23)24-2/h3-9H,11H2,1-2H3,(H,22,23). The molecule has 0 aromatic heterocycles. The van der Waals surface area contributed by atoms with Crippen molar-refractivity contribution < 1.29 is 19.2 Å². The highest BCUT2D eigenvalue weighted by Crippen LogP contribution is 2.25. The molecule has 26 heavy (non-hydrogen) atoms. The van der Waals surface area contributed by atoms with Crippen LogP contribution < -0.4 is 10.3 Å². The zero-order chi connectivity index (χ0) is 18.9. The third-order valence-electron chi connectivity index (χ3n) is 3.34. The summed E-state index contributed by atoms with van der Waals surface area (Å²) in [5.41, 5.74) is 4.62. The maximum absolute atomic E-state index is 11.1. The lowest BCUT2D eigenvalue weighted by atomic mass is 10.1. The van der Waals surface area contributed by atoms with Crippen LogP contribution in [0.2, 0.25) is 5.02 Å². The van der Waals surface area contributed by atoms with Gasteiger partial charge in [0.1, 0.15) is 6.61 Å². The average Bonchev–Trinajstić information content (AvgIpc) is 2.67. The summed E-state index contributed by atoms with van der Waals surface area (Å²) >= 11 is 6.03. The molecule has 0 saturated carbocycles. The Balaban J connectivity index is 2.06. The summed E-state index contributed by atoms with van der Waals surface area (Å²) in [5.74, 6) is 0.235. The fraction of sp³-hybridized carbons (Fsp3) is 0.167. The van der Waals surface area contributed by atoms with Crippen LogP contribution in [-0.2, 0) is 16.2 Å². The number of benzene rings is 2. The second-order valence-corrected chi connectivity index (χ2v) is 5.47. The molecule has 8 heteroatoms. The van der Waals surface area contributed by atoms with Crippen molar-refractivity contribution in [2.45, 2.75) is 13.5 Å². The van der Waals surface area contributed by atoms with Crippen LogP contribution in [0.15, 0.2) is 47.6 Å². The maximum Gasteiger partial charge on any atom is 0.440 e. The first kappa shape index (κ1) is 19.1. The van der Waals surface area contributed by atoms with Gasteiger partial charge >= 0.3 is 6.09 Å². The van der Waals surface area contributed by atoms with E-state index in [4.69, 9.17) is 26.5 Å². The number of nitriles is 1. The van der Waals surface area contributed by atoms with Gasteiger partial charge in [-0.05, 0) is 25.1 Å². The summed E-state index contributed by atoms with van der Waals surface area (Å²) in [5, 5.41) is 13.4. The van der Waals surface area contributed by atoms with Crippen molar-refractivity contribution in [2.24, 2.45) is 5.16 Å². The van der Waals surface area contributed by atoms with E-state index < -0.39 is 6.09 Å². The Morgan fingerprint density at radius 3 is 2.81 bits per heavy atom. The number of hydrogen-bond donors (Lipinski definition) is 1. The van der Waals surface area contributed by atoms with E-state index >= 15 is 0 Å². The van der Waals surface area contributed by atoms with Crippen molar-refractivity contribution in [3.63, 3.8) is 0 Å². The van der Waals surface area contributed by atoms with Crippen molar-refractivity contribution in [1.29, 1.82) is 5.26 Å². The van der Waals surface area contributed by atoms with Crippen molar-refractivity contribution >= 4 is 23.4 Å². The van der Waals surface area contributed by atoms with Crippen LogP contribution >= 0.6 is 11.6 Å². The Morgan fingerprint density at radius 1 is 1.31 bits per heavy atom. The SMILES string of the molecule is COC(=O)NOc1cc(C(C)=NOCc2ccccc2C#N)ccc1Cl. The van der Waals surface area contributed by atoms with Crippen LogP contribution in [0.3, 0.4) is 0 Å². The van der Waals surface area contributed by atoms with Gasteiger partial charge in [0, 0.05) is 11.1 Å². The van der Waals surface area contributed by atoms with Crippen LogP contribution in [-0.4, -0.2) is 18.9 Å². The van der Waals surface area contributed by atoms with E-state index in [2.05, 4.69) is 21.4 Å². The molecule has 0 aliphatic heterocycles. The van der Waals surface area contributed by atoms with E-state index in [1.807, 2.05) is 6.07 Å². The number of carbonyl (C=O) groups is 1. The summed E-state index contributed by atoms with van der Waals surface area (Å²) in [7, 11) is 1.22. The summed E-state index contributed by atoms with van der Waals surface area (Å²) in [4.78, 5) is 21.5. The number of hydroxylamine groups is 1. The van der Waals surface area contributed by atoms with Gasteiger partial charge in [0.15, 0.2) is 5.75 Å². The number of nitrogens with zero attached hydrogens (tertiary/aromatic N) is 2. The summed E-state index contributed by atoms with van der Waals surface area (Å²) < 4.78 is 4.42. The zero-order valence-electron chi connectivity index (χ0n) is 14.2. The smallest absolute Gasteiger partial charge is 0.440 e. The molecule has 1 amide bonds. The number of ether oxygens (including phenoxy) is 1. The summed E-state index contributed by atoms with van der Waals surface area (Å²) in [6.07, 6.45) is -0.753. The fourth-order valence-electron chi connectivity index (χ4n) is 1.95. The molecule has 2 aromatic carbocycles. The van der Waals surface area contributed by atoms with Gasteiger partial charge in [-0.2, -0.15) is 10.7 Å². The number of oxime groups is 1. The normalized spacial score (nSPS) is 10.6. The molecule has 2 rings (SSSR count). The van der Waals surface area contributed by atoms with E-state index in [1.54, 1.807) is 43.3 Å². The fourth-order valence-corrected chi connectivity index (χ4v) is 2.11. The Hall–Kier alpha value is -3.24. The van der Waals surface area contributed by atoms with Gasteiger partial charge in [0.2, 0.25) is 0 Å². The Kier molecular flexibility index (Phi) is 6.83. The minimum atomic E-state index is -0.753. The van der Waals surface area contributed by atoms with Crippen molar-refractivity contribution in [3.8, 4) is 11.8 Å². The van der Waals surface area contributed by atoms with Crippen LogP contribution in [0, 0.1) is 11.3 Å². The highest BCUT2D eigenvalue weighted by Gasteiger charge is 2.09. The van der Waals surface area contributed by atoms with Crippen LogP contribution in [0.5, 0.6) is 5.75 Å². The molecule has 0 spiro atoms. The second kappa shape index (κ2) is 9.30. The molecule has 0 radical (unpaired) electrons. The number of nitrogens with one attached hydrogen (secondary N) is 1. The summed E-state index contributed by atoms with van der Waals surface area (Å²) in [6.45, 7) is 1.92. The number of carbonyl (C=O) groups excluding carboxylic acids is 1. The molecule has 1 N–H and O–H groups in total.